The number of carbonyl (C=O) groups excluding carboxylic acids is 8. The lowest BCUT2D eigenvalue weighted by molar-refractivity contribution is -0.141. The Morgan fingerprint density at radius 2 is 1.39 bits per heavy atom. The van der Waals surface area contributed by atoms with Gasteiger partial charge in [-0.05, 0) is 109 Å². The van der Waals surface area contributed by atoms with Crippen molar-refractivity contribution in [3.8, 4) is 5.75 Å². The molecular weight excluding hydrogens is 1200 g/mol. The summed E-state index contributed by atoms with van der Waals surface area (Å²) in [5.74, 6) is -4.86. The molecule has 0 bridgehead atoms. The van der Waals surface area contributed by atoms with Crippen LogP contribution in [-0.4, -0.2) is 127 Å². The molecule has 0 fully saturated rings. The van der Waals surface area contributed by atoms with Crippen LogP contribution in [0.3, 0.4) is 0 Å². The number of hydrogen-bond donors (Lipinski definition) is 10. The number of primary amides is 1. The molecule has 0 aromatic heterocycles. The molecule has 1 aliphatic rings. The number of para-hydroxylation sites is 1. The molecule has 5 rings (SSSR count). The Morgan fingerprint density at radius 3 is 2.00 bits per heavy atom. The van der Waals surface area contributed by atoms with E-state index in [1.54, 1.807) is 81.4 Å². The summed E-state index contributed by atoms with van der Waals surface area (Å²) in [6.45, 7) is 24.5. The fourth-order valence-electron chi connectivity index (χ4n) is 11.0. The molecule has 9 amide bonds. The molecule has 0 saturated carbocycles. The molecule has 0 saturated heterocycles. The Kier molecular flexibility index (Phi) is 27.1. The van der Waals surface area contributed by atoms with Gasteiger partial charge in [0.1, 0.15) is 29.9 Å². The zero-order valence-electron chi connectivity index (χ0n) is 57.1. The largest absolute Gasteiger partial charge is 0.484 e. The molecule has 24 nitrogen and oxygen atoms in total. The van der Waals surface area contributed by atoms with Gasteiger partial charge in [-0.3, -0.25) is 33.6 Å². The van der Waals surface area contributed by atoms with Crippen LogP contribution in [0.25, 0.3) is 0 Å². The van der Waals surface area contributed by atoms with Crippen molar-refractivity contribution in [3.63, 3.8) is 0 Å². The number of nitrogens with two attached hydrogens (primary N) is 2. The van der Waals surface area contributed by atoms with Crippen LogP contribution >= 0.6 is 0 Å². The maximum atomic E-state index is 14.3. The quantitative estimate of drug-likeness (QED) is 0.0139. The van der Waals surface area contributed by atoms with Gasteiger partial charge < -0.3 is 68.3 Å². The van der Waals surface area contributed by atoms with E-state index in [4.69, 9.17) is 21.3 Å². The average molecular weight is 1300 g/mol. The fraction of sp³-hybridized carbons (Fsp3) is 0.500. The summed E-state index contributed by atoms with van der Waals surface area (Å²) in [4.78, 5) is 124. The third-order valence-corrected chi connectivity index (χ3v) is 16.4. The number of likely N-dealkylation sites (N-methyl/N-ethyl adjacent to an activating group) is 2. The summed E-state index contributed by atoms with van der Waals surface area (Å²) in [5.41, 5.74) is 15.0. The smallest absolute Gasteiger partial charge is 0.331 e. The number of carbonyl (C=O) groups is 9. The van der Waals surface area contributed by atoms with E-state index in [9.17, 15) is 48.3 Å². The topological polar surface area (TPSA) is 351 Å². The van der Waals surface area contributed by atoms with Gasteiger partial charge in [0.05, 0.1) is 31.2 Å². The number of nitrogens with one attached hydrogen (secondary N) is 7. The van der Waals surface area contributed by atoms with E-state index in [1.165, 1.54) is 11.8 Å². The molecule has 12 N–H and O–H groups in total. The molecular formula is C70H99N13O11. The first-order chi connectivity index (χ1) is 44.0. The predicted molar refractivity (Wildman–Crippen MR) is 363 cm³/mol. The first-order valence-corrected chi connectivity index (χ1v) is 31.9. The first kappa shape index (κ1) is 75.7. The standard InChI is InChI=1S/C70H99N13O11/c1-41(2)53(36-43(5)66(91)92)82(15)65(90)61(69(9,10)11)80-64(89)60(73-14)70(12,13)45-23-20-24-47(37-45)76-55(85)39-94-48-31-29-46(30-32-48)77-62(87)51(27-21-35-74-67(72)93)78-63(88)58(42(3)4)79-54(84)33-34-56(86)83-38-44-22-16-17-25-49(44)57(71)59(81-75-40-68(6,7)8)50-26-18-19-28-52(50)83/h16-20,22-26,28-32,36-37,41-42,51,53,57-61,73H,21,27,33-35,38-40,71H2,1-15H3,(H,76,85)(H,77,87)(H,78,88)(H,79,84)(H,80,89)(H,91,92)(H3,72,74,93)/b43-36+,81-75?/t51-,53-,57?,58-,59?,60+,61+/m0/s1. The molecule has 24 heteroatoms. The molecule has 4 aromatic carbocycles. The summed E-state index contributed by atoms with van der Waals surface area (Å²) in [6, 6.07) is 21.6. The van der Waals surface area contributed by atoms with Gasteiger partial charge >= 0.3 is 12.0 Å². The lowest BCUT2D eigenvalue weighted by atomic mass is 9.76. The Balaban J connectivity index is 1.21. The number of amides is 9. The number of azo groups is 1. The fourth-order valence-corrected chi connectivity index (χ4v) is 11.0. The van der Waals surface area contributed by atoms with E-state index < -0.39 is 107 Å². The van der Waals surface area contributed by atoms with Gasteiger partial charge in [-0.1, -0.05) is 144 Å². The molecule has 510 valence electrons. The van der Waals surface area contributed by atoms with Gasteiger partial charge in [0.2, 0.25) is 35.4 Å². The highest BCUT2D eigenvalue weighted by Gasteiger charge is 2.42. The molecule has 7 atom stereocenters. The Labute approximate surface area is 553 Å². The zero-order chi connectivity index (χ0) is 70.0. The highest BCUT2D eigenvalue weighted by molar-refractivity contribution is 6.00. The summed E-state index contributed by atoms with van der Waals surface area (Å²) < 4.78 is 5.82. The number of anilines is 3. The second-order valence-electron chi connectivity index (χ2n) is 27.5. The molecule has 2 unspecified atom stereocenters. The van der Waals surface area contributed by atoms with E-state index in [2.05, 4.69) is 63.1 Å². The van der Waals surface area contributed by atoms with Gasteiger partial charge in [-0.15, -0.1) is 0 Å². The van der Waals surface area contributed by atoms with Crippen molar-refractivity contribution in [2.24, 2.45) is 44.4 Å². The Morgan fingerprint density at radius 1 is 0.745 bits per heavy atom. The second-order valence-corrected chi connectivity index (χ2v) is 27.5. The molecule has 0 aliphatic carbocycles. The van der Waals surface area contributed by atoms with Crippen LogP contribution in [0, 0.1) is 22.7 Å². The van der Waals surface area contributed by atoms with E-state index >= 15 is 0 Å². The van der Waals surface area contributed by atoms with Crippen molar-refractivity contribution in [1.29, 1.82) is 0 Å². The number of rotatable bonds is 29. The van der Waals surface area contributed by atoms with Gasteiger partial charge in [0.25, 0.3) is 5.91 Å². The van der Waals surface area contributed by atoms with Crippen LogP contribution in [0.15, 0.2) is 119 Å². The van der Waals surface area contributed by atoms with Crippen LogP contribution in [0.4, 0.5) is 21.9 Å². The molecule has 4 aromatic rings. The van der Waals surface area contributed by atoms with Crippen LogP contribution < -0.4 is 58.3 Å². The van der Waals surface area contributed by atoms with Crippen LogP contribution in [-0.2, 0) is 50.3 Å². The number of urea groups is 1. The highest BCUT2D eigenvalue weighted by Crippen LogP contribution is 2.41. The molecule has 94 heavy (non-hydrogen) atoms. The van der Waals surface area contributed by atoms with Gasteiger partial charge in [0.15, 0.2) is 6.61 Å². The molecule has 1 heterocycles. The summed E-state index contributed by atoms with van der Waals surface area (Å²) in [6.07, 6.45) is 1.39. The highest BCUT2D eigenvalue weighted by atomic mass is 16.5. The summed E-state index contributed by atoms with van der Waals surface area (Å²) >= 11 is 0. The number of nitrogens with zero attached hydrogens (tertiary/aromatic N) is 4. The van der Waals surface area contributed by atoms with E-state index in [0.29, 0.717) is 40.5 Å². The van der Waals surface area contributed by atoms with Crippen molar-refractivity contribution in [3.05, 3.63) is 131 Å². The zero-order valence-corrected chi connectivity index (χ0v) is 57.1. The second kappa shape index (κ2) is 33.7. The Hall–Kier alpha value is -9.03. The van der Waals surface area contributed by atoms with Crippen molar-refractivity contribution < 1.29 is 53.0 Å². The van der Waals surface area contributed by atoms with Crippen molar-refractivity contribution in [2.75, 3.05) is 49.3 Å². The number of hydrogen-bond acceptors (Lipinski definition) is 14. The summed E-state index contributed by atoms with van der Waals surface area (Å²) in [5, 5.41) is 38.7. The normalized spacial score (nSPS) is 16.0. The molecule has 0 spiro atoms. The average Bonchev–Trinajstić information content (AvgIpc) is 0.773. The van der Waals surface area contributed by atoms with Crippen molar-refractivity contribution in [2.45, 2.75) is 170 Å². The number of aliphatic carboxylic acids is 1. The van der Waals surface area contributed by atoms with E-state index in [1.807, 2.05) is 103 Å². The minimum absolute atomic E-state index is 0.0620. The number of fused-ring (bicyclic) bond motifs is 2. The number of carboxylic acids is 1. The van der Waals surface area contributed by atoms with E-state index in [-0.39, 0.29) is 67.5 Å². The van der Waals surface area contributed by atoms with Crippen LogP contribution in [0.1, 0.15) is 150 Å². The lowest BCUT2D eigenvalue weighted by Gasteiger charge is -2.40. The molecule has 1 aliphatic heterocycles. The van der Waals surface area contributed by atoms with Crippen molar-refractivity contribution >= 4 is 70.4 Å². The Bertz CT molecular complexity index is 3390. The van der Waals surface area contributed by atoms with E-state index in [0.717, 1.165) is 11.1 Å². The van der Waals surface area contributed by atoms with Crippen LogP contribution in [0.5, 0.6) is 5.75 Å². The first-order valence-electron chi connectivity index (χ1n) is 31.9. The maximum Gasteiger partial charge on any atom is 0.331 e. The van der Waals surface area contributed by atoms with Gasteiger partial charge in [-0.25, -0.2) is 9.59 Å². The van der Waals surface area contributed by atoms with Crippen molar-refractivity contribution in [1.82, 2.24) is 31.5 Å². The van der Waals surface area contributed by atoms with Crippen LogP contribution in [0.2, 0.25) is 0 Å². The number of benzene rings is 4. The third kappa shape index (κ3) is 21.5. The minimum atomic E-state index is -1.15. The third-order valence-electron chi connectivity index (χ3n) is 16.4. The summed E-state index contributed by atoms with van der Waals surface area (Å²) in [7, 11) is 3.25. The minimum Gasteiger partial charge on any atom is -0.484 e. The lowest BCUT2D eigenvalue weighted by Crippen LogP contribution is -2.61. The SMILES string of the molecule is CN[C@H](C(=O)N[C@H](C(=O)N(C)[C@@H](/C=C(\C)C(=O)O)C(C)C)C(C)(C)C)C(C)(C)c1cccc(NC(=O)COc2ccc(NC(=O)[C@H](CCCNC(N)=O)NC(=O)[C@@H](NC(=O)CCC(=O)N3Cc4ccccc4C(N)C(N=NCC(C)(C)C)c4ccccc43)C(C)C)cc2)c1. The van der Waals surface area contributed by atoms with Gasteiger partial charge in [-0.2, -0.15) is 10.2 Å². The number of ether oxygens (including phenoxy) is 1. The predicted octanol–water partition coefficient (Wildman–Crippen LogP) is 8.19. The molecule has 0 radical (unpaired) electrons. The van der Waals surface area contributed by atoms with Gasteiger partial charge in [0, 0.05) is 60.0 Å². The maximum absolute atomic E-state index is 14.3. The number of carboxylic acid groups (broad SMARTS) is 1. The monoisotopic (exact) mass is 1300 g/mol.